The molecule has 1 aromatic heterocycles. The van der Waals surface area contributed by atoms with Crippen LogP contribution in [0.5, 0.6) is 5.75 Å². The van der Waals surface area contributed by atoms with E-state index in [0.717, 1.165) is 37.7 Å². The van der Waals surface area contributed by atoms with E-state index in [1.54, 1.807) is 48.5 Å². The van der Waals surface area contributed by atoms with Crippen LogP contribution in [0, 0.1) is 10.1 Å². The fraction of sp³-hybridized carbons (Fsp3) is 0.207. The molecule has 10 nitrogen and oxygen atoms in total. The van der Waals surface area contributed by atoms with Crippen LogP contribution in [0.15, 0.2) is 75.9 Å². The van der Waals surface area contributed by atoms with Gasteiger partial charge in [0.15, 0.2) is 5.11 Å². The molecule has 1 aliphatic rings. The van der Waals surface area contributed by atoms with Gasteiger partial charge in [0.25, 0.3) is 11.6 Å². The molecule has 0 radical (unpaired) electrons. The first-order valence-corrected chi connectivity index (χ1v) is 13.1. The summed E-state index contributed by atoms with van der Waals surface area (Å²) < 4.78 is 10.9. The second-order valence-corrected chi connectivity index (χ2v) is 9.73. The van der Waals surface area contributed by atoms with Crippen molar-refractivity contribution >= 4 is 51.3 Å². The molecule has 0 aliphatic carbocycles. The van der Waals surface area contributed by atoms with Crippen molar-refractivity contribution in [2.45, 2.75) is 19.3 Å². The molecule has 1 aliphatic heterocycles. The van der Waals surface area contributed by atoms with Crippen molar-refractivity contribution in [2.75, 3.05) is 30.4 Å². The summed E-state index contributed by atoms with van der Waals surface area (Å²) in [5, 5.41) is 18.0. The molecule has 5 rings (SSSR count). The second kappa shape index (κ2) is 11.5. The average molecular weight is 559 g/mol. The van der Waals surface area contributed by atoms with Crippen molar-refractivity contribution in [1.82, 2.24) is 5.32 Å². The van der Waals surface area contributed by atoms with E-state index in [-0.39, 0.29) is 16.4 Å². The van der Waals surface area contributed by atoms with Gasteiger partial charge in [0.05, 0.1) is 23.3 Å². The van der Waals surface area contributed by atoms with Crippen molar-refractivity contribution in [2.24, 2.45) is 0 Å². The summed E-state index contributed by atoms with van der Waals surface area (Å²) in [6, 6.07) is 18.4. The molecule has 11 heteroatoms. The highest BCUT2D eigenvalue weighted by Gasteiger charge is 2.23. The Labute approximate surface area is 234 Å². The lowest BCUT2D eigenvalue weighted by Crippen LogP contribution is -2.34. The molecular formula is C29H26N4O6S. The number of carbonyl (C=O) groups excluding carboxylic acids is 1. The number of nitrogens with one attached hydrogen (secondary N) is 2. The Bertz CT molecular complexity index is 1680. The van der Waals surface area contributed by atoms with Gasteiger partial charge in [0, 0.05) is 30.1 Å². The number of nitro groups is 1. The van der Waals surface area contributed by atoms with Crippen LogP contribution in [0.3, 0.4) is 0 Å². The Morgan fingerprint density at radius 1 is 1.05 bits per heavy atom. The van der Waals surface area contributed by atoms with Gasteiger partial charge in [-0.25, -0.2) is 4.79 Å². The number of methoxy groups -OCH3 is 1. The van der Waals surface area contributed by atoms with Crippen LogP contribution < -0.4 is 25.9 Å². The summed E-state index contributed by atoms with van der Waals surface area (Å²) in [6.07, 6.45) is 3.03. The van der Waals surface area contributed by atoms with Gasteiger partial charge >= 0.3 is 5.63 Å². The van der Waals surface area contributed by atoms with Crippen LogP contribution in [-0.4, -0.2) is 36.1 Å². The zero-order valence-electron chi connectivity index (χ0n) is 21.6. The zero-order valence-corrected chi connectivity index (χ0v) is 22.5. The van der Waals surface area contributed by atoms with Gasteiger partial charge in [-0.2, -0.15) is 0 Å². The lowest BCUT2D eigenvalue weighted by atomic mass is 10.0. The maximum absolute atomic E-state index is 13.0. The van der Waals surface area contributed by atoms with Crippen LogP contribution in [0.1, 0.15) is 29.6 Å². The number of ether oxygens (including phenoxy) is 1. The van der Waals surface area contributed by atoms with Gasteiger partial charge in [-0.1, -0.05) is 24.3 Å². The Balaban J connectivity index is 1.36. The fourth-order valence-electron chi connectivity index (χ4n) is 4.78. The molecule has 3 aromatic carbocycles. The number of piperidine rings is 1. The Morgan fingerprint density at radius 3 is 2.58 bits per heavy atom. The lowest BCUT2D eigenvalue weighted by molar-refractivity contribution is -0.384. The summed E-state index contributed by atoms with van der Waals surface area (Å²) in [4.78, 5) is 38.9. The van der Waals surface area contributed by atoms with E-state index in [1.807, 2.05) is 17.0 Å². The molecule has 1 fully saturated rings. The summed E-state index contributed by atoms with van der Waals surface area (Å²) in [7, 11) is 1.48. The smallest absolute Gasteiger partial charge is 0.344 e. The number of carbonyl (C=O) groups is 1. The maximum atomic E-state index is 13.0. The number of nitro benzene ring substituents is 1. The van der Waals surface area contributed by atoms with Gasteiger partial charge in [-0.3, -0.25) is 20.2 Å². The van der Waals surface area contributed by atoms with E-state index in [9.17, 15) is 19.7 Å². The first kappa shape index (κ1) is 26.8. The monoisotopic (exact) mass is 558 g/mol. The molecule has 2 heterocycles. The number of benzene rings is 3. The largest absolute Gasteiger partial charge is 0.495 e. The van der Waals surface area contributed by atoms with E-state index in [0.29, 0.717) is 33.8 Å². The van der Waals surface area contributed by atoms with Gasteiger partial charge in [-0.05, 0) is 73.4 Å². The molecule has 204 valence electrons. The van der Waals surface area contributed by atoms with Gasteiger partial charge in [0.2, 0.25) is 0 Å². The highest BCUT2D eigenvalue weighted by atomic mass is 32.1. The summed E-state index contributed by atoms with van der Waals surface area (Å²) in [6.45, 7) is 1.48. The molecule has 1 saturated heterocycles. The first-order valence-electron chi connectivity index (χ1n) is 12.7. The minimum Gasteiger partial charge on any atom is -0.495 e. The van der Waals surface area contributed by atoms with Crippen LogP contribution >= 0.6 is 12.2 Å². The summed E-state index contributed by atoms with van der Waals surface area (Å²) in [5.74, 6) is -0.178. The number of fused-ring (bicyclic) bond motifs is 1. The SMILES string of the molecule is COc1ccc(-c2cc3ccccc3oc2=O)cc1NC(=S)NC(=O)c1ccc(N2CCCCC2)c([N+](=O)[O-])c1. The zero-order chi connectivity index (χ0) is 28.2. The molecule has 2 N–H and O–H groups in total. The van der Waals surface area contributed by atoms with Crippen molar-refractivity contribution in [1.29, 1.82) is 0 Å². The van der Waals surface area contributed by atoms with Crippen molar-refractivity contribution in [3.63, 3.8) is 0 Å². The second-order valence-electron chi connectivity index (χ2n) is 9.32. The molecule has 0 spiro atoms. The molecule has 0 bridgehead atoms. The number of amides is 1. The van der Waals surface area contributed by atoms with Crippen LogP contribution in [-0.2, 0) is 0 Å². The number of thiocarbonyl (C=S) groups is 1. The quantitative estimate of drug-likeness (QED) is 0.137. The number of nitrogens with zero attached hydrogens (tertiary/aromatic N) is 2. The number of hydrogen-bond donors (Lipinski definition) is 2. The normalized spacial score (nSPS) is 13.1. The molecular weight excluding hydrogens is 532 g/mol. The number of anilines is 2. The van der Waals surface area contributed by atoms with Crippen molar-refractivity contribution < 1.29 is 18.9 Å². The molecule has 0 unspecified atom stereocenters. The lowest BCUT2D eigenvalue weighted by Gasteiger charge is -2.28. The minimum atomic E-state index is -0.601. The highest BCUT2D eigenvalue weighted by Crippen LogP contribution is 2.32. The molecule has 4 aromatic rings. The van der Waals surface area contributed by atoms with Crippen LogP contribution in [0.4, 0.5) is 17.1 Å². The van der Waals surface area contributed by atoms with Crippen molar-refractivity contribution in [3.05, 3.63) is 92.8 Å². The van der Waals surface area contributed by atoms with E-state index in [2.05, 4.69) is 10.6 Å². The van der Waals surface area contributed by atoms with E-state index >= 15 is 0 Å². The van der Waals surface area contributed by atoms with Crippen molar-refractivity contribution in [3.8, 4) is 16.9 Å². The Kier molecular flexibility index (Phi) is 7.74. The van der Waals surface area contributed by atoms with Gasteiger partial charge in [0.1, 0.15) is 17.0 Å². The van der Waals surface area contributed by atoms with Crippen LogP contribution in [0.25, 0.3) is 22.1 Å². The molecule has 1 amide bonds. The standard InChI is InChI=1S/C29H26N4O6S/c1-38-26-12-10-18(21-15-19-7-3-4-8-25(19)39-28(21)35)16-22(26)30-29(40)31-27(34)20-9-11-23(24(17-20)33(36)37)32-13-5-2-6-14-32/h3-4,7-12,15-17H,2,5-6,13-14H2,1H3,(H2,30,31,34,40). The Hall–Kier alpha value is -4.77. The number of hydrogen-bond acceptors (Lipinski definition) is 8. The molecule has 0 atom stereocenters. The van der Waals surface area contributed by atoms with E-state index in [1.165, 1.54) is 13.2 Å². The Morgan fingerprint density at radius 2 is 1.82 bits per heavy atom. The molecule has 0 saturated carbocycles. The third kappa shape index (κ3) is 5.64. The molecule has 40 heavy (non-hydrogen) atoms. The third-order valence-electron chi connectivity index (χ3n) is 6.76. The van der Waals surface area contributed by atoms with Gasteiger partial charge < -0.3 is 19.4 Å². The first-order chi connectivity index (χ1) is 19.3. The third-order valence-corrected chi connectivity index (χ3v) is 6.96. The highest BCUT2D eigenvalue weighted by molar-refractivity contribution is 7.80. The van der Waals surface area contributed by atoms with E-state index in [4.69, 9.17) is 21.4 Å². The maximum Gasteiger partial charge on any atom is 0.344 e. The topological polar surface area (TPSA) is 127 Å². The summed E-state index contributed by atoms with van der Waals surface area (Å²) >= 11 is 5.36. The number of rotatable bonds is 6. The van der Waals surface area contributed by atoms with Gasteiger partial charge in [-0.15, -0.1) is 0 Å². The van der Waals surface area contributed by atoms with Crippen LogP contribution in [0.2, 0.25) is 0 Å². The van der Waals surface area contributed by atoms with E-state index < -0.39 is 16.5 Å². The average Bonchev–Trinajstić information content (AvgIpc) is 2.96. The fourth-order valence-corrected chi connectivity index (χ4v) is 4.98. The predicted molar refractivity (Wildman–Crippen MR) is 157 cm³/mol. The predicted octanol–water partition coefficient (Wildman–Crippen LogP) is 5.49. The summed E-state index contributed by atoms with van der Waals surface area (Å²) in [5.41, 5.74) is 1.77. The minimum absolute atomic E-state index is 0.0474. The number of para-hydroxylation sites is 1.